The molecule has 2 aromatic carbocycles. The number of fused-ring (bicyclic) bond motifs is 1. The Morgan fingerprint density at radius 3 is 2.61 bits per heavy atom. The number of benzene rings is 2. The van der Waals surface area contributed by atoms with E-state index in [-0.39, 0.29) is 23.9 Å². The highest BCUT2D eigenvalue weighted by Crippen LogP contribution is 2.31. The van der Waals surface area contributed by atoms with Gasteiger partial charge in [-0.05, 0) is 23.8 Å². The summed E-state index contributed by atoms with van der Waals surface area (Å²) in [5.41, 5.74) is 1.79. The number of carbonyl (C=O) groups is 3. The molecule has 1 saturated heterocycles. The zero-order valence-electron chi connectivity index (χ0n) is 19.7. The smallest absolute Gasteiger partial charge is 0.299 e. The van der Waals surface area contributed by atoms with Crippen molar-refractivity contribution in [2.45, 2.75) is 6.42 Å². The second-order valence-corrected chi connectivity index (χ2v) is 8.44. The second kappa shape index (κ2) is 10.1. The molecule has 184 valence electrons. The lowest BCUT2D eigenvalue weighted by atomic mass is 10.1. The van der Waals surface area contributed by atoms with Gasteiger partial charge in [0.05, 0.1) is 18.9 Å². The Morgan fingerprint density at radius 2 is 1.83 bits per heavy atom. The Balaban J connectivity index is 1.32. The molecule has 0 radical (unpaired) electrons. The molecule has 3 heterocycles. The van der Waals surface area contributed by atoms with Crippen LogP contribution in [0.5, 0.6) is 5.75 Å². The average Bonchev–Trinajstić information content (AvgIpc) is 3.35. The number of morpholine rings is 1. The number of carbonyl (C=O) groups excluding carboxylic acids is 3. The highest BCUT2D eigenvalue weighted by atomic mass is 16.5. The van der Waals surface area contributed by atoms with Crippen LogP contribution >= 0.6 is 0 Å². The van der Waals surface area contributed by atoms with Crippen molar-refractivity contribution in [3.63, 3.8) is 0 Å². The van der Waals surface area contributed by atoms with Crippen molar-refractivity contribution in [2.24, 2.45) is 4.99 Å². The molecule has 0 N–H and O–H groups in total. The first-order valence-corrected chi connectivity index (χ1v) is 11.5. The maximum atomic E-state index is 13.1. The van der Waals surface area contributed by atoms with E-state index in [4.69, 9.17) is 14.0 Å². The zero-order chi connectivity index (χ0) is 25.1. The van der Waals surface area contributed by atoms with E-state index in [9.17, 15) is 14.4 Å². The lowest BCUT2D eigenvalue weighted by Gasteiger charge is -2.27. The Morgan fingerprint density at radius 1 is 1.06 bits per heavy atom. The topological polar surface area (TPSA) is 115 Å². The van der Waals surface area contributed by atoms with E-state index in [1.54, 1.807) is 30.1 Å². The second-order valence-electron chi connectivity index (χ2n) is 8.44. The molecular weight excluding hydrogens is 464 g/mol. The van der Waals surface area contributed by atoms with Crippen molar-refractivity contribution < 1.29 is 28.4 Å². The normalized spacial score (nSPS) is 16.9. The number of amides is 3. The Hall–Kier alpha value is -4.31. The first-order valence-electron chi connectivity index (χ1n) is 11.5. The minimum absolute atomic E-state index is 0.00374. The maximum Gasteiger partial charge on any atom is 0.299 e. The standard InChI is InChI=1S/C26H24N4O6/c1-29-22-14-18(25(32)30-9-11-34-12-10-30)7-8-23(22)35-16-21(26(29)33)27-24(31)20-15-19(36-28-20)13-17-5-3-2-4-6-17/h2-8,14-15H,9-13,16H2,1H3/b27-21+. The minimum Gasteiger partial charge on any atom is -0.485 e. The molecule has 0 aliphatic carbocycles. The third kappa shape index (κ3) is 4.89. The molecule has 3 amide bonds. The molecule has 36 heavy (non-hydrogen) atoms. The first kappa shape index (κ1) is 23.4. The summed E-state index contributed by atoms with van der Waals surface area (Å²) in [6, 6.07) is 16.1. The van der Waals surface area contributed by atoms with Gasteiger partial charge in [-0.3, -0.25) is 14.4 Å². The van der Waals surface area contributed by atoms with E-state index in [2.05, 4.69) is 10.1 Å². The van der Waals surface area contributed by atoms with Gasteiger partial charge >= 0.3 is 0 Å². The molecule has 10 heteroatoms. The minimum atomic E-state index is -0.701. The monoisotopic (exact) mass is 488 g/mol. The van der Waals surface area contributed by atoms with E-state index in [0.29, 0.717) is 55.5 Å². The largest absolute Gasteiger partial charge is 0.485 e. The van der Waals surface area contributed by atoms with Crippen LogP contribution in [0.2, 0.25) is 0 Å². The van der Waals surface area contributed by atoms with Crippen LogP contribution in [0.15, 0.2) is 64.1 Å². The number of aliphatic imine (C=N–C) groups is 1. The third-order valence-corrected chi connectivity index (χ3v) is 6.02. The van der Waals surface area contributed by atoms with Gasteiger partial charge in [0, 0.05) is 38.2 Å². The lowest BCUT2D eigenvalue weighted by Crippen LogP contribution is -2.40. The summed E-state index contributed by atoms with van der Waals surface area (Å²) in [5, 5.41) is 3.81. The van der Waals surface area contributed by atoms with E-state index < -0.39 is 11.8 Å². The van der Waals surface area contributed by atoms with Gasteiger partial charge in [-0.25, -0.2) is 4.99 Å². The van der Waals surface area contributed by atoms with Crippen LogP contribution in [0.1, 0.15) is 32.2 Å². The molecule has 0 atom stereocenters. The fourth-order valence-electron chi connectivity index (χ4n) is 4.05. The molecule has 5 rings (SSSR count). The van der Waals surface area contributed by atoms with Crippen LogP contribution in [0.3, 0.4) is 0 Å². The molecule has 0 unspecified atom stereocenters. The van der Waals surface area contributed by atoms with E-state index in [0.717, 1.165) is 5.56 Å². The van der Waals surface area contributed by atoms with Gasteiger partial charge in [0.15, 0.2) is 5.69 Å². The zero-order valence-corrected chi connectivity index (χ0v) is 19.7. The highest BCUT2D eigenvalue weighted by Gasteiger charge is 2.29. The molecule has 2 aliphatic rings. The molecule has 1 fully saturated rings. The van der Waals surface area contributed by atoms with Gasteiger partial charge in [-0.15, -0.1) is 0 Å². The summed E-state index contributed by atoms with van der Waals surface area (Å²) in [7, 11) is 1.55. The van der Waals surface area contributed by atoms with Crippen molar-refractivity contribution >= 4 is 29.1 Å². The number of aromatic nitrogens is 1. The van der Waals surface area contributed by atoms with Gasteiger partial charge in [-0.1, -0.05) is 35.5 Å². The van der Waals surface area contributed by atoms with Crippen molar-refractivity contribution in [1.82, 2.24) is 10.1 Å². The summed E-state index contributed by atoms with van der Waals surface area (Å²) < 4.78 is 16.4. The highest BCUT2D eigenvalue weighted by molar-refractivity contribution is 6.46. The Labute approximate surface area is 207 Å². The van der Waals surface area contributed by atoms with Crippen molar-refractivity contribution in [1.29, 1.82) is 0 Å². The molecule has 3 aromatic rings. The summed E-state index contributed by atoms with van der Waals surface area (Å²) in [5.74, 6) is -0.435. The van der Waals surface area contributed by atoms with Crippen molar-refractivity contribution in [3.05, 3.63) is 77.2 Å². The Kier molecular flexibility index (Phi) is 6.59. The number of hydrogen-bond acceptors (Lipinski definition) is 7. The number of ether oxygens (including phenoxy) is 2. The number of anilines is 1. The molecule has 1 aromatic heterocycles. The van der Waals surface area contributed by atoms with Crippen molar-refractivity contribution in [3.8, 4) is 5.75 Å². The third-order valence-electron chi connectivity index (χ3n) is 6.02. The molecule has 0 spiro atoms. The predicted octanol–water partition coefficient (Wildman–Crippen LogP) is 2.37. The van der Waals surface area contributed by atoms with Gasteiger partial charge < -0.3 is 23.8 Å². The summed E-state index contributed by atoms with van der Waals surface area (Å²) in [4.78, 5) is 45.8. The van der Waals surface area contributed by atoms with Crippen LogP contribution in [0, 0.1) is 0 Å². The van der Waals surface area contributed by atoms with E-state index in [1.807, 2.05) is 30.3 Å². The van der Waals surface area contributed by atoms with Crippen LogP contribution in [-0.4, -0.2) is 73.4 Å². The predicted molar refractivity (Wildman–Crippen MR) is 130 cm³/mol. The van der Waals surface area contributed by atoms with Gasteiger partial charge in [0.1, 0.15) is 23.8 Å². The van der Waals surface area contributed by atoms with Crippen LogP contribution in [0.25, 0.3) is 0 Å². The number of rotatable bonds is 4. The van der Waals surface area contributed by atoms with Crippen LogP contribution < -0.4 is 9.64 Å². The maximum absolute atomic E-state index is 13.1. The SMILES string of the molecule is CN1C(=O)/C(=N/C(=O)c2cc(Cc3ccccc3)on2)COc2ccc(C(=O)N3CCOCC3)cc21. The first-order chi connectivity index (χ1) is 17.5. The molecule has 0 saturated carbocycles. The fourth-order valence-corrected chi connectivity index (χ4v) is 4.05. The van der Waals surface area contributed by atoms with Gasteiger partial charge in [0.2, 0.25) is 0 Å². The summed E-state index contributed by atoms with van der Waals surface area (Å²) in [6.45, 7) is 1.80. The molecule has 2 aliphatic heterocycles. The summed E-state index contributed by atoms with van der Waals surface area (Å²) >= 11 is 0. The summed E-state index contributed by atoms with van der Waals surface area (Å²) in [6.07, 6.45) is 0.475. The molecule has 0 bridgehead atoms. The fraction of sp³-hybridized carbons (Fsp3) is 0.269. The quantitative estimate of drug-likeness (QED) is 0.554. The number of hydrogen-bond donors (Lipinski definition) is 0. The Bertz CT molecular complexity index is 1330. The van der Waals surface area contributed by atoms with E-state index in [1.165, 1.54) is 11.0 Å². The lowest BCUT2D eigenvalue weighted by molar-refractivity contribution is -0.112. The van der Waals surface area contributed by atoms with Crippen LogP contribution in [-0.2, 0) is 16.0 Å². The number of nitrogens with zero attached hydrogens (tertiary/aromatic N) is 4. The van der Waals surface area contributed by atoms with Crippen LogP contribution in [0.4, 0.5) is 5.69 Å². The molecular formula is C26H24N4O6. The van der Waals surface area contributed by atoms with Crippen molar-refractivity contribution in [2.75, 3.05) is 44.9 Å². The van der Waals surface area contributed by atoms with E-state index >= 15 is 0 Å². The molecule has 10 nitrogen and oxygen atoms in total. The van der Waals surface area contributed by atoms with Gasteiger partial charge in [0.25, 0.3) is 17.7 Å². The average molecular weight is 489 g/mol. The van der Waals surface area contributed by atoms with Gasteiger partial charge in [-0.2, -0.15) is 0 Å².